The Bertz CT molecular complexity index is 596. The van der Waals surface area contributed by atoms with E-state index in [0.29, 0.717) is 30.7 Å². The number of hydrogen-bond acceptors (Lipinski definition) is 4. The number of ketones is 1. The molecule has 1 saturated heterocycles. The molecule has 0 aliphatic carbocycles. The number of amides is 1. The molecule has 0 saturated carbocycles. The van der Waals surface area contributed by atoms with E-state index in [4.69, 9.17) is 9.84 Å². The Morgan fingerprint density at radius 2 is 1.92 bits per heavy atom. The quantitative estimate of drug-likeness (QED) is 0.739. The Morgan fingerprint density at radius 3 is 2.54 bits per heavy atom. The number of carboxylic acid groups (broad SMARTS) is 1. The highest BCUT2D eigenvalue weighted by Gasteiger charge is 2.29. The molecule has 1 amide bonds. The SMILES string of the molecule is COc1ccc(C(=O)CCCC(=O)N2CCCC2CC(=O)O)cc1. The van der Waals surface area contributed by atoms with Crippen LogP contribution in [0.1, 0.15) is 48.9 Å². The van der Waals surface area contributed by atoms with Crippen LogP contribution in [-0.4, -0.2) is 47.4 Å². The second-order valence-electron chi connectivity index (χ2n) is 5.99. The van der Waals surface area contributed by atoms with Gasteiger partial charge >= 0.3 is 5.97 Å². The van der Waals surface area contributed by atoms with Crippen LogP contribution in [-0.2, 0) is 9.59 Å². The minimum absolute atomic E-state index is 0.00345. The van der Waals surface area contributed by atoms with Gasteiger partial charge < -0.3 is 14.7 Å². The number of benzene rings is 1. The summed E-state index contributed by atoms with van der Waals surface area (Å²) < 4.78 is 5.05. The molecule has 6 heteroatoms. The number of carbonyl (C=O) groups is 3. The van der Waals surface area contributed by atoms with Crippen LogP contribution in [0.4, 0.5) is 0 Å². The van der Waals surface area contributed by atoms with Crippen LogP contribution < -0.4 is 4.74 Å². The summed E-state index contributed by atoms with van der Waals surface area (Å²) in [7, 11) is 1.57. The van der Waals surface area contributed by atoms with Crippen molar-refractivity contribution in [2.75, 3.05) is 13.7 Å². The number of carbonyl (C=O) groups excluding carboxylic acids is 2. The van der Waals surface area contributed by atoms with Crippen molar-refractivity contribution in [3.05, 3.63) is 29.8 Å². The molecule has 6 nitrogen and oxygen atoms in total. The van der Waals surface area contributed by atoms with Crippen LogP contribution in [0.3, 0.4) is 0 Å². The normalized spacial score (nSPS) is 16.9. The molecule has 24 heavy (non-hydrogen) atoms. The number of hydrogen-bond donors (Lipinski definition) is 1. The fourth-order valence-electron chi connectivity index (χ4n) is 3.04. The standard InChI is InChI=1S/C18H23NO5/c1-24-15-9-7-13(8-10-15)16(20)5-2-6-17(21)19-11-3-4-14(19)12-18(22)23/h7-10,14H,2-6,11-12H2,1H3,(H,22,23). The molecule has 1 aromatic carbocycles. The molecule has 2 rings (SSSR count). The molecule has 1 atom stereocenters. The fraction of sp³-hybridized carbons (Fsp3) is 0.500. The molecule has 1 aromatic rings. The molecular formula is C18H23NO5. The van der Waals surface area contributed by atoms with Crippen LogP contribution in [0.2, 0.25) is 0 Å². The maximum atomic E-state index is 12.2. The summed E-state index contributed by atoms with van der Waals surface area (Å²) >= 11 is 0. The monoisotopic (exact) mass is 333 g/mol. The summed E-state index contributed by atoms with van der Waals surface area (Å²) in [4.78, 5) is 36.9. The van der Waals surface area contributed by atoms with Crippen LogP contribution in [0.5, 0.6) is 5.75 Å². The lowest BCUT2D eigenvalue weighted by atomic mass is 10.0. The Kier molecular flexibility index (Phi) is 6.35. The van der Waals surface area contributed by atoms with Crippen molar-refractivity contribution in [3.8, 4) is 5.75 Å². The molecule has 1 fully saturated rings. The number of likely N-dealkylation sites (tertiary alicyclic amines) is 1. The van der Waals surface area contributed by atoms with E-state index in [-0.39, 0.29) is 30.6 Å². The van der Waals surface area contributed by atoms with Gasteiger partial charge in [0.1, 0.15) is 5.75 Å². The zero-order valence-electron chi connectivity index (χ0n) is 13.9. The van der Waals surface area contributed by atoms with Gasteiger partial charge in [0.15, 0.2) is 5.78 Å². The minimum atomic E-state index is -0.880. The van der Waals surface area contributed by atoms with E-state index in [2.05, 4.69) is 0 Å². The summed E-state index contributed by atoms with van der Waals surface area (Å²) in [5, 5.41) is 8.89. The predicted molar refractivity (Wildman–Crippen MR) is 88.2 cm³/mol. The van der Waals surface area contributed by atoms with Crippen molar-refractivity contribution in [1.82, 2.24) is 4.90 Å². The smallest absolute Gasteiger partial charge is 0.305 e. The molecule has 0 spiro atoms. The summed E-state index contributed by atoms with van der Waals surface area (Å²) in [6.45, 7) is 0.614. The highest BCUT2D eigenvalue weighted by molar-refractivity contribution is 5.96. The highest BCUT2D eigenvalue weighted by atomic mass is 16.5. The van der Waals surface area contributed by atoms with E-state index in [1.54, 1.807) is 36.3 Å². The van der Waals surface area contributed by atoms with Crippen LogP contribution >= 0.6 is 0 Å². The first-order valence-electron chi connectivity index (χ1n) is 8.19. The van der Waals surface area contributed by atoms with Gasteiger partial charge in [-0.15, -0.1) is 0 Å². The van der Waals surface area contributed by atoms with E-state index >= 15 is 0 Å². The first-order chi connectivity index (χ1) is 11.5. The second-order valence-corrected chi connectivity index (χ2v) is 5.99. The topological polar surface area (TPSA) is 83.9 Å². The van der Waals surface area contributed by atoms with Crippen molar-refractivity contribution >= 4 is 17.7 Å². The first kappa shape index (κ1) is 18.0. The summed E-state index contributed by atoms with van der Waals surface area (Å²) in [5.41, 5.74) is 0.605. The van der Waals surface area contributed by atoms with Crippen molar-refractivity contribution < 1.29 is 24.2 Å². The van der Waals surface area contributed by atoms with E-state index < -0.39 is 5.97 Å². The second kappa shape index (κ2) is 8.47. The molecule has 1 aliphatic heterocycles. The minimum Gasteiger partial charge on any atom is -0.497 e. The Labute approximate surface area is 141 Å². The van der Waals surface area contributed by atoms with Gasteiger partial charge in [-0.25, -0.2) is 0 Å². The van der Waals surface area contributed by atoms with Gasteiger partial charge in [0, 0.05) is 31.0 Å². The number of methoxy groups -OCH3 is 1. The van der Waals surface area contributed by atoms with Crippen molar-refractivity contribution in [2.24, 2.45) is 0 Å². The molecular weight excluding hydrogens is 310 g/mol. The number of Topliss-reactive ketones (excluding diaryl/α,β-unsaturated/α-hetero) is 1. The van der Waals surface area contributed by atoms with Gasteiger partial charge in [0.05, 0.1) is 13.5 Å². The van der Waals surface area contributed by atoms with Gasteiger partial charge in [0.2, 0.25) is 5.91 Å². The molecule has 1 aliphatic rings. The van der Waals surface area contributed by atoms with Gasteiger partial charge in [-0.2, -0.15) is 0 Å². The van der Waals surface area contributed by atoms with Crippen molar-refractivity contribution in [3.63, 3.8) is 0 Å². The number of aliphatic carboxylic acids is 1. The Hall–Kier alpha value is -2.37. The summed E-state index contributed by atoms with van der Waals surface area (Å²) in [6, 6.07) is 6.70. The zero-order valence-corrected chi connectivity index (χ0v) is 13.9. The third-order valence-electron chi connectivity index (χ3n) is 4.31. The number of carboxylic acids is 1. The maximum Gasteiger partial charge on any atom is 0.305 e. The van der Waals surface area contributed by atoms with Gasteiger partial charge in [-0.3, -0.25) is 14.4 Å². The van der Waals surface area contributed by atoms with E-state index in [9.17, 15) is 14.4 Å². The lowest BCUT2D eigenvalue weighted by molar-refractivity contribution is -0.139. The van der Waals surface area contributed by atoms with Crippen LogP contribution in [0, 0.1) is 0 Å². The first-order valence-corrected chi connectivity index (χ1v) is 8.19. The van der Waals surface area contributed by atoms with Crippen molar-refractivity contribution in [1.29, 1.82) is 0 Å². The van der Waals surface area contributed by atoms with Crippen LogP contribution in [0.25, 0.3) is 0 Å². The lowest BCUT2D eigenvalue weighted by Gasteiger charge is -2.23. The summed E-state index contributed by atoms with van der Waals surface area (Å²) in [5.74, 6) is -0.246. The molecule has 0 radical (unpaired) electrons. The highest BCUT2D eigenvalue weighted by Crippen LogP contribution is 2.22. The number of rotatable bonds is 8. The molecule has 0 aromatic heterocycles. The van der Waals surface area contributed by atoms with Gasteiger partial charge in [-0.1, -0.05) is 0 Å². The largest absolute Gasteiger partial charge is 0.497 e. The van der Waals surface area contributed by atoms with Crippen LogP contribution in [0.15, 0.2) is 24.3 Å². The van der Waals surface area contributed by atoms with Gasteiger partial charge in [0.25, 0.3) is 0 Å². The molecule has 1 heterocycles. The average molecular weight is 333 g/mol. The van der Waals surface area contributed by atoms with Crippen molar-refractivity contribution in [2.45, 2.75) is 44.6 Å². The van der Waals surface area contributed by atoms with E-state index in [0.717, 1.165) is 12.8 Å². The number of ether oxygens (including phenoxy) is 1. The summed E-state index contributed by atoms with van der Waals surface area (Å²) in [6.07, 6.45) is 2.63. The van der Waals surface area contributed by atoms with Gasteiger partial charge in [-0.05, 0) is 43.5 Å². The Balaban J connectivity index is 1.79. The molecule has 130 valence electrons. The average Bonchev–Trinajstić information content (AvgIpc) is 3.02. The lowest BCUT2D eigenvalue weighted by Crippen LogP contribution is -2.36. The molecule has 1 N–H and O–H groups in total. The third-order valence-corrected chi connectivity index (χ3v) is 4.31. The molecule has 0 bridgehead atoms. The van der Waals surface area contributed by atoms with E-state index in [1.165, 1.54) is 0 Å². The third kappa shape index (κ3) is 4.81. The predicted octanol–water partition coefficient (Wildman–Crippen LogP) is 2.51. The zero-order chi connectivity index (χ0) is 17.5. The number of nitrogens with zero attached hydrogens (tertiary/aromatic N) is 1. The maximum absolute atomic E-state index is 12.2. The fourth-order valence-corrected chi connectivity index (χ4v) is 3.04. The Morgan fingerprint density at radius 1 is 1.21 bits per heavy atom. The molecule has 1 unspecified atom stereocenters. The van der Waals surface area contributed by atoms with E-state index in [1.807, 2.05) is 0 Å².